The van der Waals surface area contributed by atoms with Crippen molar-refractivity contribution in [1.82, 2.24) is 23.3 Å². The molecule has 19 nitrogen and oxygen atoms in total. The van der Waals surface area contributed by atoms with Crippen LogP contribution in [0.3, 0.4) is 0 Å². The number of alkyl halides is 1. The number of benzene rings is 13. The Balaban J connectivity index is 0.000000146. The molecule has 0 spiro atoms. The number of nitrogens with two attached hydrogens (primary N) is 1. The lowest BCUT2D eigenvalue weighted by Crippen LogP contribution is -2.24. The third-order valence-corrected chi connectivity index (χ3v) is 22.8. The number of aryl methyl sites for hydroxylation is 4. The SMILES string of the molecule is COC(=O)C(Br)c1ccccc1.COC(=O)C(Oc1cccc2c1c(C(=O)C(N)=O)c(C)n2Cc1ccccc1)c1ccccc1.COC(=O)C(Oc1cccc2c1cc(C)n2Cc1ccccc1)c1ccccc1.Cc1cc2c(O)cccc2[nH]1.Cc1cc2c(O)cccc2n1Cc1ccccc1.Cc1cc2c(OCc3ccccc3)cccc2n1Cc1ccccc1.Cl. The van der Waals surface area contributed by atoms with Gasteiger partial charge in [0, 0.05) is 92.8 Å². The van der Waals surface area contributed by atoms with Gasteiger partial charge in [0.25, 0.3) is 11.7 Å². The maximum absolute atomic E-state index is 12.9. The summed E-state index contributed by atoms with van der Waals surface area (Å²) in [5.74, 6) is -0.608. The average Bonchev–Trinajstić information content (AvgIpc) is 1.59. The molecule has 13 aromatic carbocycles. The van der Waals surface area contributed by atoms with Crippen LogP contribution in [0, 0.1) is 34.6 Å². The lowest BCUT2D eigenvalue weighted by molar-refractivity contribution is -0.149. The largest absolute Gasteiger partial charge is 0.507 e. The van der Waals surface area contributed by atoms with Crippen LogP contribution in [0.25, 0.3) is 54.5 Å². The molecule has 0 aliphatic rings. The summed E-state index contributed by atoms with van der Waals surface area (Å²) in [6.45, 7) is 13.6. The first-order chi connectivity index (χ1) is 62.7. The van der Waals surface area contributed by atoms with E-state index in [1.165, 1.54) is 60.2 Å². The summed E-state index contributed by atoms with van der Waals surface area (Å²) in [5.41, 5.74) is 24.0. The van der Waals surface area contributed by atoms with Gasteiger partial charge >= 0.3 is 17.9 Å². The number of halogens is 2. The van der Waals surface area contributed by atoms with E-state index in [-0.39, 0.29) is 34.5 Å². The number of phenolic OH excluding ortho intramolecular Hbond substituents is 2. The van der Waals surface area contributed by atoms with Gasteiger partial charge in [-0.25, -0.2) is 9.59 Å². The fourth-order valence-electron chi connectivity index (χ4n) is 15.4. The van der Waals surface area contributed by atoms with Crippen LogP contribution < -0.4 is 19.9 Å². The van der Waals surface area contributed by atoms with Crippen LogP contribution in [-0.2, 0) is 66.2 Å². The van der Waals surface area contributed by atoms with E-state index < -0.39 is 35.8 Å². The molecule has 18 aromatic rings. The summed E-state index contributed by atoms with van der Waals surface area (Å²) >= 11 is 3.24. The van der Waals surface area contributed by atoms with Gasteiger partial charge in [-0.3, -0.25) is 14.4 Å². The van der Waals surface area contributed by atoms with Crippen LogP contribution in [-0.4, -0.2) is 84.4 Å². The summed E-state index contributed by atoms with van der Waals surface area (Å²) in [6.07, 6.45) is -1.88. The Hall–Kier alpha value is -15.1. The number of Topliss-reactive ketones (excluding diaryl/α,β-unsaturated/α-hetero) is 1. The Bertz CT molecular complexity index is 6810. The van der Waals surface area contributed by atoms with Gasteiger partial charge in [-0.15, -0.1) is 12.4 Å². The zero-order valence-electron chi connectivity index (χ0n) is 73.4. The number of carbonyl (C=O) groups is 5. The standard InChI is InChI=1S/C27H24N2O5.C25H23NO3.C23H21NO.C16H15NO.C9H9BrO2.C9H9NO.ClH/c1-17-22(24(30)26(28)31)23-20(29(17)16-18-10-5-3-6-11-18)14-9-15-21(23)34-25(27(32)33-2)19-12-7-4-8-13-19;1-18-16-21-22(26(18)17-19-10-5-3-6-11-19)14-9-15-23(21)29-24(25(27)28-2)20-12-7-4-8-13-20;1-18-15-21-22(24(18)16-19-9-4-2-5-10-19)13-8-14-23(21)25-17-20-11-6-3-7-12-20;1-12-10-14-15(8-5-9-16(14)18)17(12)11-13-6-3-2-4-7-13;1-12-9(11)8(10)7-5-3-2-4-6-7;1-6-5-7-8(10-6)3-2-4-9(7)11;/h3-15,25H,16H2,1-2H3,(H2,28,31);3-16,24H,17H2,1-2H3;2-15H,16-17H2,1H3;2-10,18H,11H2,1H3;2-6,8H,1H3;2-5,10-11H,1H3;1H. The monoisotopic (exact) mass is 1820 g/mol. The third-order valence-electron chi connectivity index (χ3n) is 21.9. The number of esters is 3. The van der Waals surface area contributed by atoms with Crippen LogP contribution in [0.2, 0.25) is 0 Å². The normalized spacial score (nSPS) is 11.4. The maximum atomic E-state index is 12.9. The Kier molecular flexibility index (Phi) is 32.8. The fourth-order valence-corrected chi connectivity index (χ4v) is 15.9. The summed E-state index contributed by atoms with van der Waals surface area (Å²) < 4.78 is 41.8. The van der Waals surface area contributed by atoms with Gasteiger partial charge in [-0.1, -0.05) is 289 Å². The first-order valence-corrected chi connectivity index (χ1v) is 43.0. The molecule has 660 valence electrons. The molecule has 0 fully saturated rings. The third kappa shape index (κ3) is 23.4. The summed E-state index contributed by atoms with van der Waals surface area (Å²) in [4.78, 5) is 63.7. The zero-order chi connectivity index (χ0) is 90.9. The number of nitrogens with one attached hydrogen (secondary N) is 1. The van der Waals surface area contributed by atoms with Gasteiger partial charge in [-0.2, -0.15) is 0 Å². The van der Waals surface area contributed by atoms with E-state index in [1.807, 2.05) is 218 Å². The van der Waals surface area contributed by atoms with Crippen molar-refractivity contribution in [2.24, 2.45) is 5.73 Å². The van der Waals surface area contributed by atoms with E-state index in [2.05, 4.69) is 163 Å². The molecule has 0 bridgehead atoms. The van der Waals surface area contributed by atoms with Gasteiger partial charge < -0.3 is 67.6 Å². The summed E-state index contributed by atoms with van der Waals surface area (Å²) in [7, 11) is 4.03. The topological polar surface area (TPSA) is 243 Å². The molecular formula is C109H102BrClN6O13. The molecule has 1 amide bonds. The number of carbonyl (C=O) groups excluding carboxylic acids is 5. The molecule has 5 N–H and O–H groups in total. The van der Waals surface area contributed by atoms with E-state index in [9.17, 15) is 34.2 Å². The first-order valence-electron chi connectivity index (χ1n) is 42.1. The van der Waals surface area contributed by atoms with E-state index in [0.29, 0.717) is 52.6 Å². The molecule has 0 aliphatic carbocycles. The number of hydrogen-bond donors (Lipinski definition) is 4. The molecule has 0 saturated heterocycles. The Morgan fingerprint density at radius 3 is 1.12 bits per heavy atom. The molecule has 0 radical (unpaired) electrons. The second-order valence-corrected chi connectivity index (χ2v) is 31.6. The van der Waals surface area contributed by atoms with Crippen LogP contribution in [0.4, 0.5) is 0 Å². The number of H-pyrrole nitrogens is 1. The van der Waals surface area contributed by atoms with Crippen LogP contribution >= 0.6 is 28.3 Å². The highest BCUT2D eigenvalue weighted by Crippen LogP contribution is 2.40. The Morgan fingerprint density at radius 2 is 0.700 bits per heavy atom. The molecule has 5 aromatic heterocycles. The highest BCUT2D eigenvalue weighted by molar-refractivity contribution is 9.09. The van der Waals surface area contributed by atoms with Crippen molar-refractivity contribution in [2.45, 2.75) is 84.4 Å². The number of aromatic hydroxyl groups is 2. The lowest BCUT2D eigenvalue weighted by atomic mass is 10.0. The number of aromatic nitrogens is 5. The number of phenols is 2. The number of primary amides is 1. The van der Waals surface area contributed by atoms with E-state index in [4.69, 9.17) is 29.4 Å². The van der Waals surface area contributed by atoms with Crippen LogP contribution in [0.5, 0.6) is 28.7 Å². The number of amides is 1. The summed E-state index contributed by atoms with van der Waals surface area (Å²) in [6, 6.07) is 116. The van der Waals surface area contributed by atoms with Crippen molar-refractivity contribution >= 4 is 112 Å². The molecule has 3 unspecified atom stereocenters. The van der Waals surface area contributed by atoms with Crippen molar-refractivity contribution in [3.8, 4) is 28.7 Å². The minimum atomic E-state index is -1.07. The van der Waals surface area contributed by atoms with Crippen molar-refractivity contribution < 1.29 is 62.6 Å². The highest BCUT2D eigenvalue weighted by Gasteiger charge is 2.31. The Labute approximate surface area is 770 Å². The number of ketones is 1. The predicted octanol–water partition coefficient (Wildman–Crippen LogP) is 23.4. The number of ether oxygens (including phenoxy) is 6. The minimum Gasteiger partial charge on any atom is -0.507 e. The molecule has 0 aliphatic heterocycles. The van der Waals surface area contributed by atoms with Crippen molar-refractivity contribution in [2.75, 3.05) is 21.3 Å². The summed E-state index contributed by atoms with van der Waals surface area (Å²) in [5, 5.41) is 23.6. The molecule has 5 heterocycles. The van der Waals surface area contributed by atoms with Gasteiger partial charge in [0.2, 0.25) is 12.2 Å². The van der Waals surface area contributed by atoms with Gasteiger partial charge in [0.1, 0.15) is 40.2 Å². The van der Waals surface area contributed by atoms with Crippen LogP contribution in [0.1, 0.15) is 100 Å². The smallest absolute Gasteiger partial charge is 0.351 e. The second kappa shape index (κ2) is 45.3. The number of methoxy groups -OCH3 is 3. The maximum Gasteiger partial charge on any atom is 0.351 e. The molecule has 3 atom stereocenters. The van der Waals surface area contributed by atoms with E-state index >= 15 is 0 Å². The molecule has 0 saturated carbocycles. The number of rotatable bonds is 23. The van der Waals surface area contributed by atoms with Crippen molar-refractivity contribution in [1.29, 1.82) is 0 Å². The quantitative estimate of drug-likeness (QED) is 0.0153. The second-order valence-electron chi connectivity index (χ2n) is 30.7. The van der Waals surface area contributed by atoms with Crippen molar-refractivity contribution in [3.63, 3.8) is 0 Å². The fraction of sp³-hybridized carbons (Fsp3) is 0.147. The molecular weight excluding hydrogens is 1720 g/mol. The molecule has 21 heteroatoms. The van der Waals surface area contributed by atoms with Crippen LogP contribution in [0.15, 0.2) is 358 Å². The number of nitrogens with zero attached hydrogens (tertiary/aromatic N) is 4. The minimum absolute atomic E-state index is 0. The number of fused-ring (bicyclic) bond motifs is 5. The van der Waals surface area contributed by atoms with E-state index in [1.54, 1.807) is 55.5 Å². The van der Waals surface area contributed by atoms with Gasteiger partial charge in [0.05, 0.1) is 54.3 Å². The predicted molar refractivity (Wildman–Crippen MR) is 521 cm³/mol. The van der Waals surface area contributed by atoms with Gasteiger partial charge in [-0.05, 0) is 153 Å². The van der Waals surface area contributed by atoms with Gasteiger partial charge in [0.15, 0.2) is 0 Å². The number of hydrogen-bond acceptors (Lipinski definition) is 13. The highest BCUT2D eigenvalue weighted by atomic mass is 79.9. The Morgan fingerprint density at radius 1 is 0.362 bits per heavy atom. The first kappa shape index (κ1) is 94.0. The zero-order valence-corrected chi connectivity index (χ0v) is 75.8. The number of aromatic amines is 1. The van der Waals surface area contributed by atoms with E-state index in [0.717, 1.165) is 91.9 Å². The van der Waals surface area contributed by atoms with Crippen molar-refractivity contribution in [3.05, 3.63) is 436 Å². The lowest BCUT2D eigenvalue weighted by Gasteiger charge is -2.18. The average molecular weight is 1820 g/mol. The molecule has 130 heavy (non-hydrogen) atoms. The molecule has 18 rings (SSSR count).